The van der Waals surface area contributed by atoms with Gasteiger partial charge in [-0.2, -0.15) is 0 Å². The van der Waals surface area contributed by atoms with Crippen LogP contribution in [0.1, 0.15) is 12.7 Å². The number of hydrogen-bond acceptors (Lipinski definition) is 0. The Labute approximate surface area is 54.8 Å². The van der Waals surface area contributed by atoms with Gasteiger partial charge in [0.1, 0.15) is 12.4 Å². The molecule has 1 heterocycles. The Kier molecular flexibility index (Phi) is 1.68. The second-order valence-corrected chi connectivity index (χ2v) is 1.94. The summed E-state index contributed by atoms with van der Waals surface area (Å²) in [5.41, 5.74) is 0. The van der Waals surface area contributed by atoms with Crippen molar-refractivity contribution in [3.8, 4) is 0 Å². The number of H-pyrrole nitrogens is 1. The molecule has 0 bridgehead atoms. The highest BCUT2D eigenvalue weighted by Crippen LogP contribution is 1.80. The second-order valence-electron chi connectivity index (χ2n) is 1.94. The number of hydrogen-bond donors (Lipinski definition) is 1. The first kappa shape index (κ1) is 6.08. The maximum atomic E-state index is 3.07. The Balaban J connectivity index is 2.94. The Morgan fingerprint density at radius 1 is 1.67 bits per heavy atom. The predicted octanol–water partition coefficient (Wildman–Crippen LogP) is 1.10. The lowest BCUT2D eigenvalue weighted by atomic mass is 10.6. The van der Waals surface area contributed by atoms with E-state index in [1.165, 1.54) is 0 Å². The Morgan fingerprint density at radius 2 is 2.44 bits per heavy atom. The first-order valence-corrected chi connectivity index (χ1v) is 3.02. The second kappa shape index (κ2) is 2.49. The number of aryl methyl sites for hydroxylation is 1. The minimum absolute atomic E-state index is 1.15. The van der Waals surface area contributed by atoms with Crippen LogP contribution in [0.2, 0.25) is 0 Å². The van der Waals surface area contributed by atoms with E-state index in [4.69, 9.17) is 0 Å². The number of rotatable bonds is 1. The average molecular weight is 123 g/mol. The first-order valence-electron chi connectivity index (χ1n) is 3.02. The molecule has 0 aliphatic rings. The molecule has 1 N–H and O–H groups in total. The zero-order valence-corrected chi connectivity index (χ0v) is 5.76. The third kappa shape index (κ3) is 1.19. The van der Waals surface area contributed by atoms with Crippen molar-refractivity contribution in [1.29, 1.82) is 0 Å². The standard InChI is InChI=1S/C7H10N2/c1-3-5-9-6-4-8-7(9)2/h3-6H,1-2H3/p+1. The van der Waals surface area contributed by atoms with Gasteiger partial charge in [-0.05, 0) is 13.0 Å². The van der Waals surface area contributed by atoms with Gasteiger partial charge >= 0.3 is 0 Å². The van der Waals surface area contributed by atoms with E-state index in [-0.39, 0.29) is 0 Å². The van der Waals surface area contributed by atoms with E-state index in [0.29, 0.717) is 0 Å². The van der Waals surface area contributed by atoms with Crippen LogP contribution in [-0.4, -0.2) is 4.98 Å². The van der Waals surface area contributed by atoms with Crippen LogP contribution in [0, 0.1) is 6.92 Å². The minimum atomic E-state index is 1.15. The van der Waals surface area contributed by atoms with Gasteiger partial charge in [-0.25, -0.2) is 9.55 Å². The normalized spacial score (nSPS) is 10.9. The highest BCUT2D eigenvalue weighted by atomic mass is 15.0. The van der Waals surface area contributed by atoms with Crippen LogP contribution in [-0.2, 0) is 0 Å². The number of allylic oxidation sites excluding steroid dienone is 1. The fourth-order valence-corrected chi connectivity index (χ4v) is 0.747. The molecule has 9 heavy (non-hydrogen) atoms. The first-order chi connectivity index (χ1) is 4.34. The number of imidazole rings is 1. The fourth-order valence-electron chi connectivity index (χ4n) is 0.747. The number of aromatic nitrogens is 2. The van der Waals surface area contributed by atoms with E-state index in [9.17, 15) is 0 Å². The predicted molar refractivity (Wildman–Crippen MR) is 36.7 cm³/mol. The summed E-state index contributed by atoms with van der Waals surface area (Å²) in [4.78, 5) is 3.07. The van der Waals surface area contributed by atoms with Gasteiger partial charge in [0.15, 0.2) is 0 Å². The van der Waals surface area contributed by atoms with Gasteiger partial charge in [0.05, 0.1) is 6.20 Å². The van der Waals surface area contributed by atoms with E-state index in [1.54, 1.807) is 0 Å². The molecule has 1 aromatic rings. The minimum Gasteiger partial charge on any atom is -0.247 e. The van der Waals surface area contributed by atoms with Crippen molar-refractivity contribution in [1.82, 2.24) is 4.98 Å². The molecule has 0 spiro atoms. The van der Waals surface area contributed by atoms with Crippen LogP contribution >= 0.6 is 0 Å². The molecule has 0 aromatic carbocycles. The number of nitrogens with one attached hydrogen (secondary N) is 1. The summed E-state index contributed by atoms with van der Waals surface area (Å²) in [6.07, 6.45) is 7.90. The van der Waals surface area contributed by atoms with Crippen molar-refractivity contribution >= 4 is 6.20 Å². The van der Waals surface area contributed by atoms with Crippen LogP contribution in [0.3, 0.4) is 0 Å². The molecule has 0 aliphatic heterocycles. The zero-order chi connectivity index (χ0) is 6.69. The van der Waals surface area contributed by atoms with Gasteiger partial charge in [-0.1, -0.05) is 0 Å². The summed E-state index contributed by atoms with van der Waals surface area (Å²) >= 11 is 0. The van der Waals surface area contributed by atoms with Gasteiger partial charge in [0.25, 0.3) is 5.82 Å². The molecule has 0 radical (unpaired) electrons. The molecule has 48 valence electrons. The molecule has 0 fully saturated rings. The topological polar surface area (TPSA) is 19.7 Å². The Bertz CT molecular complexity index is 210. The summed E-state index contributed by atoms with van der Waals surface area (Å²) in [5, 5.41) is 0. The summed E-state index contributed by atoms with van der Waals surface area (Å²) in [5.74, 6) is 1.15. The maximum Gasteiger partial charge on any atom is 0.255 e. The molecular weight excluding hydrogens is 112 g/mol. The summed E-state index contributed by atoms with van der Waals surface area (Å²) in [6, 6.07) is 0. The lowest BCUT2D eigenvalue weighted by molar-refractivity contribution is -0.574. The molecule has 0 unspecified atom stereocenters. The molecule has 2 nitrogen and oxygen atoms in total. The van der Waals surface area contributed by atoms with Crippen LogP contribution in [0.25, 0.3) is 6.20 Å². The molecular formula is C7H11N2+. The summed E-state index contributed by atoms with van der Waals surface area (Å²) in [7, 11) is 0. The van der Waals surface area contributed by atoms with Crippen molar-refractivity contribution in [3.05, 3.63) is 24.3 Å². The fraction of sp³-hybridized carbons (Fsp3) is 0.286. The van der Waals surface area contributed by atoms with Crippen LogP contribution in [0.5, 0.6) is 0 Å². The van der Waals surface area contributed by atoms with E-state index in [2.05, 4.69) is 4.98 Å². The van der Waals surface area contributed by atoms with Crippen molar-refractivity contribution in [3.63, 3.8) is 0 Å². The van der Waals surface area contributed by atoms with Crippen LogP contribution in [0.15, 0.2) is 18.5 Å². The SMILES string of the molecule is CC=C[n+]1cc[nH]c1C. The van der Waals surface area contributed by atoms with Gasteiger partial charge in [-0.3, -0.25) is 0 Å². The van der Waals surface area contributed by atoms with Gasteiger partial charge in [-0.15, -0.1) is 0 Å². The molecule has 0 amide bonds. The molecule has 0 saturated heterocycles. The van der Waals surface area contributed by atoms with E-state index in [1.807, 2.05) is 43.1 Å². The third-order valence-electron chi connectivity index (χ3n) is 1.22. The van der Waals surface area contributed by atoms with Crippen molar-refractivity contribution in [2.24, 2.45) is 0 Å². The average Bonchev–Trinajstić information content (AvgIpc) is 2.18. The maximum absolute atomic E-state index is 3.07. The lowest BCUT2D eigenvalue weighted by Gasteiger charge is -1.82. The van der Waals surface area contributed by atoms with E-state index < -0.39 is 0 Å². The Hall–Kier alpha value is -1.05. The van der Waals surface area contributed by atoms with Crippen molar-refractivity contribution < 1.29 is 4.57 Å². The number of aromatic amines is 1. The quantitative estimate of drug-likeness (QED) is 0.539. The highest BCUT2D eigenvalue weighted by Gasteiger charge is 1.96. The van der Waals surface area contributed by atoms with Crippen molar-refractivity contribution in [2.45, 2.75) is 13.8 Å². The summed E-state index contributed by atoms with van der Waals surface area (Å²) < 4.78 is 2.03. The largest absolute Gasteiger partial charge is 0.255 e. The summed E-state index contributed by atoms with van der Waals surface area (Å²) in [6.45, 7) is 4.03. The molecule has 0 saturated carbocycles. The third-order valence-corrected chi connectivity index (χ3v) is 1.22. The molecule has 1 aromatic heterocycles. The van der Waals surface area contributed by atoms with Crippen LogP contribution < -0.4 is 4.57 Å². The van der Waals surface area contributed by atoms with Gasteiger partial charge in [0, 0.05) is 6.92 Å². The molecule has 0 aliphatic carbocycles. The smallest absolute Gasteiger partial charge is 0.247 e. The highest BCUT2D eigenvalue weighted by molar-refractivity contribution is 5.04. The van der Waals surface area contributed by atoms with Crippen molar-refractivity contribution in [2.75, 3.05) is 0 Å². The lowest BCUT2D eigenvalue weighted by Crippen LogP contribution is -2.25. The Morgan fingerprint density at radius 3 is 2.89 bits per heavy atom. The molecule has 1 rings (SSSR count). The molecule has 0 atom stereocenters. The zero-order valence-electron chi connectivity index (χ0n) is 5.76. The van der Waals surface area contributed by atoms with Gasteiger partial charge < -0.3 is 0 Å². The van der Waals surface area contributed by atoms with Crippen LogP contribution in [0.4, 0.5) is 0 Å². The van der Waals surface area contributed by atoms with E-state index in [0.717, 1.165) is 5.82 Å². The monoisotopic (exact) mass is 123 g/mol. The van der Waals surface area contributed by atoms with Gasteiger partial charge in [0.2, 0.25) is 0 Å². The van der Waals surface area contributed by atoms with E-state index >= 15 is 0 Å². The number of nitrogens with zero attached hydrogens (tertiary/aromatic N) is 1. The molecule has 2 heteroatoms.